The van der Waals surface area contributed by atoms with Crippen molar-refractivity contribution in [1.82, 2.24) is 19.8 Å². The molecule has 1 heterocycles. The first-order chi connectivity index (χ1) is 11.6. The number of carbonyl (C=O) groups is 2. The van der Waals surface area contributed by atoms with Crippen molar-refractivity contribution in [2.75, 3.05) is 13.6 Å². The Kier molecular flexibility index (Phi) is 6.31. The van der Waals surface area contributed by atoms with Crippen molar-refractivity contribution in [3.05, 3.63) is 66.3 Å². The van der Waals surface area contributed by atoms with Crippen LogP contribution in [-0.4, -0.2) is 39.9 Å². The lowest BCUT2D eigenvalue weighted by Crippen LogP contribution is -2.27. The molecule has 0 saturated carbocycles. The van der Waals surface area contributed by atoms with Crippen LogP contribution in [0.5, 0.6) is 0 Å². The number of likely N-dealkylation sites (N-methyl/N-ethyl adjacent to an activating group) is 1. The first-order valence-corrected chi connectivity index (χ1v) is 7.77. The van der Waals surface area contributed by atoms with E-state index in [-0.39, 0.29) is 11.8 Å². The molecule has 2 aromatic rings. The molecule has 24 heavy (non-hydrogen) atoms. The van der Waals surface area contributed by atoms with Gasteiger partial charge in [0.1, 0.15) is 5.82 Å². The fraction of sp³-hybridized carbons (Fsp3) is 0.278. The predicted molar refractivity (Wildman–Crippen MR) is 92.0 cm³/mol. The molecule has 0 radical (unpaired) electrons. The van der Waals surface area contributed by atoms with E-state index < -0.39 is 0 Å². The topological polar surface area (TPSA) is 67.2 Å². The molecule has 2 amide bonds. The van der Waals surface area contributed by atoms with Crippen LogP contribution in [0.25, 0.3) is 0 Å². The van der Waals surface area contributed by atoms with Gasteiger partial charge in [0, 0.05) is 58.2 Å². The average Bonchev–Trinajstić information content (AvgIpc) is 2.98. The highest BCUT2D eigenvalue weighted by Gasteiger charge is 2.06. The number of imidazole rings is 1. The van der Waals surface area contributed by atoms with E-state index in [1.54, 1.807) is 18.1 Å². The lowest BCUT2D eigenvalue weighted by atomic mass is 10.2. The Hall–Kier alpha value is -2.89. The lowest BCUT2D eigenvalue weighted by Gasteiger charge is -2.14. The van der Waals surface area contributed by atoms with Crippen LogP contribution in [-0.2, 0) is 29.6 Å². The minimum absolute atomic E-state index is 0.210. The molecule has 0 atom stereocenters. The standard InChI is InChI=1S/C18H22N4O2/c1-21-13-12-19-16(21)10-11-20-17(23)8-9-18(24)22(2)14-15-6-4-3-5-7-15/h3-9,12-13H,10-11,14H2,1-2H3,(H,20,23)/b9-8+. The third-order valence-corrected chi connectivity index (χ3v) is 3.58. The summed E-state index contributed by atoms with van der Waals surface area (Å²) in [6, 6.07) is 9.70. The Balaban J connectivity index is 1.74. The van der Waals surface area contributed by atoms with Gasteiger partial charge in [-0.1, -0.05) is 30.3 Å². The molecule has 6 heteroatoms. The van der Waals surface area contributed by atoms with E-state index in [4.69, 9.17) is 0 Å². The van der Waals surface area contributed by atoms with E-state index >= 15 is 0 Å². The third-order valence-electron chi connectivity index (χ3n) is 3.58. The summed E-state index contributed by atoms with van der Waals surface area (Å²) < 4.78 is 1.91. The SMILES string of the molecule is CN(Cc1ccccc1)C(=O)/C=C/C(=O)NCCc1nccn1C. The molecular formula is C18H22N4O2. The second-order valence-electron chi connectivity index (χ2n) is 5.51. The number of benzene rings is 1. The molecule has 126 valence electrons. The zero-order chi connectivity index (χ0) is 17.4. The summed E-state index contributed by atoms with van der Waals surface area (Å²) in [6.45, 7) is 0.979. The van der Waals surface area contributed by atoms with E-state index in [9.17, 15) is 9.59 Å². The van der Waals surface area contributed by atoms with Crippen LogP contribution in [0.2, 0.25) is 0 Å². The van der Waals surface area contributed by atoms with Crippen molar-refractivity contribution in [3.63, 3.8) is 0 Å². The van der Waals surface area contributed by atoms with Gasteiger partial charge in [0.15, 0.2) is 0 Å². The summed E-state index contributed by atoms with van der Waals surface area (Å²) in [5, 5.41) is 2.74. The Labute approximate surface area is 141 Å². The van der Waals surface area contributed by atoms with Crippen molar-refractivity contribution in [2.24, 2.45) is 7.05 Å². The van der Waals surface area contributed by atoms with Gasteiger partial charge in [-0.2, -0.15) is 0 Å². The monoisotopic (exact) mass is 326 g/mol. The van der Waals surface area contributed by atoms with Crippen molar-refractivity contribution in [3.8, 4) is 0 Å². The maximum absolute atomic E-state index is 12.0. The van der Waals surface area contributed by atoms with E-state index in [1.807, 2.05) is 48.1 Å². The van der Waals surface area contributed by atoms with E-state index in [1.165, 1.54) is 12.2 Å². The number of hydrogen-bond acceptors (Lipinski definition) is 3. The van der Waals surface area contributed by atoms with Crippen molar-refractivity contribution >= 4 is 11.8 Å². The Morgan fingerprint density at radius 3 is 2.67 bits per heavy atom. The highest BCUT2D eigenvalue weighted by atomic mass is 16.2. The maximum Gasteiger partial charge on any atom is 0.246 e. The Morgan fingerprint density at radius 2 is 2.00 bits per heavy atom. The van der Waals surface area contributed by atoms with Crippen molar-refractivity contribution in [1.29, 1.82) is 0 Å². The molecular weight excluding hydrogens is 304 g/mol. The van der Waals surface area contributed by atoms with Gasteiger partial charge < -0.3 is 14.8 Å². The van der Waals surface area contributed by atoms with Gasteiger partial charge in [0.25, 0.3) is 0 Å². The van der Waals surface area contributed by atoms with Gasteiger partial charge in [-0.05, 0) is 5.56 Å². The van der Waals surface area contributed by atoms with E-state index in [0.717, 1.165) is 11.4 Å². The molecule has 6 nitrogen and oxygen atoms in total. The van der Waals surface area contributed by atoms with Crippen LogP contribution in [0.3, 0.4) is 0 Å². The second-order valence-corrected chi connectivity index (χ2v) is 5.51. The number of nitrogens with one attached hydrogen (secondary N) is 1. The summed E-state index contributed by atoms with van der Waals surface area (Å²) in [6.07, 6.45) is 6.78. The summed E-state index contributed by atoms with van der Waals surface area (Å²) in [4.78, 5) is 29.5. The van der Waals surface area contributed by atoms with Crippen LogP contribution in [0, 0.1) is 0 Å². The predicted octanol–water partition coefficient (Wildman–Crippen LogP) is 1.29. The number of hydrogen-bond donors (Lipinski definition) is 1. The average molecular weight is 326 g/mol. The zero-order valence-electron chi connectivity index (χ0n) is 14.0. The number of aromatic nitrogens is 2. The number of rotatable bonds is 7. The number of carbonyl (C=O) groups excluding carboxylic acids is 2. The molecule has 0 spiro atoms. The molecule has 1 N–H and O–H groups in total. The molecule has 0 fully saturated rings. The van der Waals surface area contributed by atoms with Crippen LogP contribution in [0.4, 0.5) is 0 Å². The summed E-state index contributed by atoms with van der Waals surface area (Å²) >= 11 is 0. The largest absolute Gasteiger partial charge is 0.352 e. The molecule has 0 saturated heterocycles. The Bertz CT molecular complexity index is 707. The fourth-order valence-electron chi connectivity index (χ4n) is 2.20. The molecule has 0 aliphatic rings. The normalized spacial score (nSPS) is 10.8. The number of aryl methyl sites for hydroxylation is 1. The number of amides is 2. The zero-order valence-corrected chi connectivity index (χ0v) is 14.0. The van der Waals surface area contributed by atoms with Crippen LogP contribution < -0.4 is 5.32 Å². The van der Waals surface area contributed by atoms with Crippen LogP contribution in [0.1, 0.15) is 11.4 Å². The second kappa shape index (κ2) is 8.67. The van der Waals surface area contributed by atoms with E-state index in [2.05, 4.69) is 10.3 Å². The molecule has 2 rings (SSSR count). The first kappa shape index (κ1) is 17.5. The van der Waals surface area contributed by atoms with Gasteiger partial charge in [-0.3, -0.25) is 9.59 Å². The van der Waals surface area contributed by atoms with Crippen LogP contribution >= 0.6 is 0 Å². The molecule has 0 aliphatic carbocycles. The summed E-state index contributed by atoms with van der Waals surface area (Å²) in [7, 11) is 3.62. The van der Waals surface area contributed by atoms with E-state index in [0.29, 0.717) is 19.5 Å². The minimum Gasteiger partial charge on any atom is -0.352 e. The highest BCUT2D eigenvalue weighted by molar-refractivity contribution is 5.96. The first-order valence-electron chi connectivity index (χ1n) is 7.77. The fourth-order valence-corrected chi connectivity index (χ4v) is 2.20. The van der Waals surface area contributed by atoms with Gasteiger partial charge in [-0.25, -0.2) is 4.98 Å². The van der Waals surface area contributed by atoms with Gasteiger partial charge in [0.2, 0.25) is 11.8 Å². The summed E-state index contributed by atoms with van der Waals surface area (Å²) in [5.74, 6) is 0.404. The smallest absolute Gasteiger partial charge is 0.246 e. The third kappa shape index (κ3) is 5.39. The van der Waals surface area contributed by atoms with Gasteiger partial charge in [-0.15, -0.1) is 0 Å². The molecule has 0 bridgehead atoms. The molecule has 1 aromatic carbocycles. The summed E-state index contributed by atoms with van der Waals surface area (Å²) in [5.41, 5.74) is 1.04. The maximum atomic E-state index is 12.0. The Morgan fingerprint density at radius 1 is 1.25 bits per heavy atom. The minimum atomic E-state index is -0.286. The van der Waals surface area contributed by atoms with Crippen molar-refractivity contribution in [2.45, 2.75) is 13.0 Å². The number of nitrogens with zero attached hydrogens (tertiary/aromatic N) is 3. The molecule has 1 aromatic heterocycles. The highest BCUT2D eigenvalue weighted by Crippen LogP contribution is 2.03. The van der Waals surface area contributed by atoms with Crippen LogP contribution in [0.15, 0.2) is 54.9 Å². The van der Waals surface area contributed by atoms with Gasteiger partial charge >= 0.3 is 0 Å². The quantitative estimate of drug-likeness (QED) is 0.780. The van der Waals surface area contributed by atoms with Crippen molar-refractivity contribution < 1.29 is 9.59 Å². The molecule has 0 unspecified atom stereocenters. The van der Waals surface area contributed by atoms with Gasteiger partial charge in [0.05, 0.1) is 0 Å². The molecule has 0 aliphatic heterocycles. The lowest BCUT2D eigenvalue weighted by molar-refractivity contribution is -0.125.